The van der Waals surface area contributed by atoms with Gasteiger partial charge in [-0.2, -0.15) is 0 Å². The molecule has 84 valence electrons. The summed E-state index contributed by atoms with van der Waals surface area (Å²) in [5.41, 5.74) is 1.10. The highest BCUT2D eigenvalue weighted by molar-refractivity contribution is 5.66. The van der Waals surface area contributed by atoms with Gasteiger partial charge in [0.05, 0.1) is 18.4 Å². The molecule has 1 N–H and O–H groups in total. The van der Waals surface area contributed by atoms with Crippen molar-refractivity contribution in [3.63, 3.8) is 0 Å². The summed E-state index contributed by atoms with van der Waals surface area (Å²) in [4.78, 5) is 16.6. The van der Waals surface area contributed by atoms with E-state index in [4.69, 9.17) is 5.11 Å². The highest BCUT2D eigenvalue weighted by Crippen LogP contribution is 2.03. The number of aryl methyl sites for hydroxylation is 1. The molecule has 5 nitrogen and oxygen atoms in total. The first-order valence-corrected chi connectivity index (χ1v) is 5.02. The molecule has 0 aliphatic heterocycles. The third-order valence-corrected chi connectivity index (χ3v) is 2.39. The normalized spacial score (nSPS) is 10.9. The smallest absolute Gasteiger partial charge is 0.304 e. The number of nitrogens with zero attached hydrogens (tertiary/aromatic N) is 3. The summed E-state index contributed by atoms with van der Waals surface area (Å²) in [6.45, 7) is 4.20. The van der Waals surface area contributed by atoms with Gasteiger partial charge in [-0.1, -0.05) is 6.92 Å². The minimum atomic E-state index is -0.751. The number of aromatic nitrogens is 2. The van der Waals surface area contributed by atoms with Crippen LogP contribution in [0.1, 0.15) is 19.0 Å². The van der Waals surface area contributed by atoms with Gasteiger partial charge in [0.1, 0.15) is 0 Å². The molecule has 1 aromatic rings. The van der Waals surface area contributed by atoms with Gasteiger partial charge in [0.15, 0.2) is 0 Å². The van der Waals surface area contributed by atoms with Crippen LogP contribution >= 0.6 is 0 Å². The number of hydrogen-bond donors (Lipinski definition) is 1. The molecule has 0 saturated heterocycles. The molecular formula is C10H17N3O2. The highest BCUT2D eigenvalue weighted by Gasteiger charge is 2.08. The van der Waals surface area contributed by atoms with Gasteiger partial charge in [-0.05, 0) is 6.54 Å². The molecule has 5 heteroatoms. The second-order valence-electron chi connectivity index (χ2n) is 3.51. The van der Waals surface area contributed by atoms with Crippen molar-refractivity contribution >= 4 is 5.97 Å². The van der Waals surface area contributed by atoms with Crippen LogP contribution in [0.4, 0.5) is 0 Å². The molecule has 0 fully saturated rings. The maximum atomic E-state index is 10.4. The number of imidazole rings is 1. The fourth-order valence-electron chi connectivity index (χ4n) is 1.37. The Morgan fingerprint density at radius 1 is 1.67 bits per heavy atom. The van der Waals surface area contributed by atoms with Gasteiger partial charge < -0.3 is 9.67 Å². The van der Waals surface area contributed by atoms with Gasteiger partial charge >= 0.3 is 5.97 Å². The molecule has 0 bridgehead atoms. The minimum Gasteiger partial charge on any atom is -0.481 e. The Labute approximate surface area is 89.3 Å². The van der Waals surface area contributed by atoms with Crippen LogP contribution in [-0.4, -0.2) is 38.6 Å². The van der Waals surface area contributed by atoms with Crippen LogP contribution in [0.15, 0.2) is 12.5 Å². The van der Waals surface area contributed by atoms with Crippen LogP contribution < -0.4 is 0 Å². The predicted molar refractivity (Wildman–Crippen MR) is 56.4 cm³/mol. The number of carboxylic acid groups (broad SMARTS) is 1. The van der Waals surface area contributed by atoms with Gasteiger partial charge in [-0.15, -0.1) is 0 Å². The first-order chi connectivity index (χ1) is 7.13. The summed E-state index contributed by atoms with van der Waals surface area (Å²) in [6.07, 6.45) is 3.75. The standard InChI is InChI=1S/C10H17N3O2/c1-3-13(5-4-10(14)15)7-9-6-11-8-12(9)2/h6,8H,3-5,7H2,1-2H3,(H,14,15). The van der Waals surface area contributed by atoms with Crippen LogP contribution in [-0.2, 0) is 18.4 Å². The minimum absolute atomic E-state index is 0.186. The number of carboxylic acids is 1. The van der Waals surface area contributed by atoms with E-state index in [1.165, 1.54) is 0 Å². The van der Waals surface area contributed by atoms with Crippen molar-refractivity contribution < 1.29 is 9.90 Å². The van der Waals surface area contributed by atoms with E-state index in [9.17, 15) is 4.79 Å². The largest absolute Gasteiger partial charge is 0.481 e. The van der Waals surface area contributed by atoms with Crippen LogP contribution in [0.25, 0.3) is 0 Å². The number of carbonyl (C=O) groups is 1. The summed E-state index contributed by atoms with van der Waals surface area (Å²) in [6, 6.07) is 0. The Morgan fingerprint density at radius 3 is 2.87 bits per heavy atom. The Hall–Kier alpha value is -1.36. The molecule has 15 heavy (non-hydrogen) atoms. The first-order valence-electron chi connectivity index (χ1n) is 5.02. The molecule has 1 rings (SSSR count). The second kappa shape index (κ2) is 5.50. The zero-order valence-corrected chi connectivity index (χ0v) is 9.18. The van der Waals surface area contributed by atoms with Crippen molar-refractivity contribution in [2.24, 2.45) is 7.05 Å². The van der Waals surface area contributed by atoms with Gasteiger partial charge in [-0.25, -0.2) is 4.98 Å². The number of hydrogen-bond acceptors (Lipinski definition) is 3. The average molecular weight is 211 g/mol. The third-order valence-electron chi connectivity index (χ3n) is 2.39. The Morgan fingerprint density at radius 2 is 2.40 bits per heavy atom. The lowest BCUT2D eigenvalue weighted by molar-refractivity contribution is -0.137. The molecule has 0 atom stereocenters. The van der Waals surface area contributed by atoms with Crippen LogP contribution in [0.5, 0.6) is 0 Å². The molecule has 0 unspecified atom stereocenters. The molecule has 0 aliphatic carbocycles. The maximum Gasteiger partial charge on any atom is 0.304 e. The molecule has 0 amide bonds. The van der Waals surface area contributed by atoms with Gasteiger partial charge in [-0.3, -0.25) is 9.69 Å². The van der Waals surface area contributed by atoms with Crippen molar-refractivity contribution in [2.45, 2.75) is 19.9 Å². The van der Waals surface area contributed by atoms with E-state index in [1.807, 2.05) is 24.7 Å². The quantitative estimate of drug-likeness (QED) is 0.753. The summed E-state index contributed by atoms with van der Waals surface area (Å²) >= 11 is 0. The summed E-state index contributed by atoms with van der Waals surface area (Å²) in [5.74, 6) is -0.751. The zero-order valence-electron chi connectivity index (χ0n) is 9.18. The fourth-order valence-corrected chi connectivity index (χ4v) is 1.37. The van der Waals surface area contributed by atoms with Crippen molar-refractivity contribution in [1.82, 2.24) is 14.5 Å². The molecule has 0 radical (unpaired) electrons. The van der Waals surface area contributed by atoms with E-state index >= 15 is 0 Å². The van der Waals surface area contributed by atoms with Gasteiger partial charge in [0.2, 0.25) is 0 Å². The topological polar surface area (TPSA) is 58.4 Å². The van der Waals surface area contributed by atoms with Crippen molar-refractivity contribution in [2.75, 3.05) is 13.1 Å². The van der Waals surface area contributed by atoms with E-state index in [0.29, 0.717) is 6.54 Å². The maximum absolute atomic E-state index is 10.4. The van der Waals surface area contributed by atoms with E-state index in [-0.39, 0.29) is 6.42 Å². The van der Waals surface area contributed by atoms with Crippen LogP contribution in [0.2, 0.25) is 0 Å². The van der Waals surface area contributed by atoms with Crippen molar-refractivity contribution in [3.05, 3.63) is 18.2 Å². The van der Waals surface area contributed by atoms with Crippen molar-refractivity contribution in [1.29, 1.82) is 0 Å². The van der Waals surface area contributed by atoms with Crippen LogP contribution in [0, 0.1) is 0 Å². The highest BCUT2D eigenvalue weighted by atomic mass is 16.4. The summed E-state index contributed by atoms with van der Waals surface area (Å²) in [5, 5.41) is 8.59. The Kier molecular flexibility index (Phi) is 4.30. The Bertz CT molecular complexity index is 322. The lowest BCUT2D eigenvalue weighted by Gasteiger charge is -2.19. The SMILES string of the molecule is CCN(CCC(=O)O)Cc1cncn1C. The molecule has 0 spiro atoms. The van der Waals surface area contributed by atoms with E-state index in [1.54, 1.807) is 6.33 Å². The van der Waals surface area contributed by atoms with Crippen LogP contribution in [0.3, 0.4) is 0 Å². The van der Waals surface area contributed by atoms with E-state index in [2.05, 4.69) is 9.88 Å². The molecule has 1 aromatic heterocycles. The lowest BCUT2D eigenvalue weighted by Crippen LogP contribution is -2.26. The fraction of sp³-hybridized carbons (Fsp3) is 0.600. The number of rotatable bonds is 6. The van der Waals surface area contributed by atoms with Crippen molar-refractivity contribution in [3.8, 4) is 0 Å². The molecule has 1 heterocycles. The summed E-state index contributed by atoms with van der Waals surface area (Å²) in [7, 11) is 1.94. The molecule has 0 aromatic carbocycles. The molecular weight excluding hydrogens is 194 g/mol. The Balaban J connectivity index is 2.47. The molecule has 0 saturated carbocycles. The van der Waals surface area contributed by atoms with Gasteiger partial charge in [0, 0.05) is 26.3 Å². The third kappa shape index (κ3) is 3.71. The zero-order chi connectivity index (χ0) is 11.3. The van der Waals surface area contributed by atoms with E-state index < -0.39 is 5.97 Å². The average Bonchev–Trinajstić information content (AvgIpc) is 2.58. The second-order valence-corrected chi connectivity index (χ2v) is 3.51. The lowest BCUT2D eigenvalue weighted by atomic mass is 10.3. The number of aliphatic carboxylic acids is 1. The molecule has 0 aliphatic rings. The first kappa shape index (κ1) is 11.7. The van der Waals surface area contributed by atoms with Gasteiger partial charge in [0.25, 0.3) is 0 Å². The predicted octanol–water partition coefficient (Wildman–Crippen LogP) is 0.717. The monoisotopic (exact) mass is 211 g/mol. The van der Waals surface area contributed by atoms with E-state index in [0.717, 1.165) is 18.8 Å². The summed E-state index contributed by atoms with van der Waals surface area (Å²) < 4.78 is 1.95.